The molecule has 188 valence electrons. The summed E-state index contributed by atoms with van der Waals surface area (Å²) in [5, 5.41) is 12.3. The van der Waals surface area contributed by atoms with Gasteiger partial charge in [0.1, 0.15) is 16.8 Å². The number of thiazole rings is 1. The summed E-state index contributed by atoms with van der Waals surface area (Å²) in [7, 11) is -2.07. The van der Waals surface area contributed by atoms with Crippen LogP contribution in [0.4, 0.5) is 22.3 Å². The first-order chi connectivity index (χ1) is 17.4. The number of hydrogen-bond acceptors (Lipinski definition) is 11. The summed E-state index contributed by atoms with van der Waals surface area (Å²) < 4.78 is 34.8. The van der Waals surface area contributed by atoms with E-state index in [1.54, 1.807) is 19.2 Å². The van der Waals surface area contributed by atoms with Crippen LogP contribution in [0.5, 0.6) is 5.75 Å². The van der Waals surface area contributed by atoms with Gasteiger partial charge >= 0.3 is 0 Å². The number of primary sulfonamides is 1. The lowest BCUT2D eigenvalue weighted by Crippen LogP contribution is -2.35. The highest BCUT2D eigenvalue weighted by atomic mass is 32.2. The molecule has 11 nitrogen and oxygen atoms in total. The van der Waals surface area contributed by atoms with Crippen molar-refractivity contribution in [3.05, 3.63) is 54.4 Å². The zero-order valence-electron chi connectivity index (χ0n) is 19.5. The van der Waals surface area contributed by atoms with Crippen LogP contribution >= 0.6 is 11.3 Å². The van der Waals surface area contributed by atoms with Crippen molar-refractivity contribution in [3.63, 3.8) is 0 Å². The number of nitrogens with two attached hydrogens (primary N) is 1. The smallest absolute Gasteiger partial charge is 0.238 e. The van der Waals surface area contributed by atoms with Crippen LogP contribution in [-0.2, 0) is 21.3 Å². The minimum atomic E-state index is -3.75. The van der Waals surface area contributed by atoms with E-state index in [-0.39, 0.29) is 4.90 Å². The predicted octanol–water partition coefficient (Wildman–Crippen LogP) is 3.06. The molecule has 1 saturated heterocycles. The molecule has 5 rings (SSSR count). The molecular weight excluding hydrogens is 502 g/mol. The van der Waals surface area contributed by atoms with Gasteiger partial charge in [-0.15, -0.1) is 0 Å². The molecular formula is C23H25N7O4S2. The highest BCUT2D eigenvalue weighted by Gasteiger charge is 2.16. The zero-order valence-corrected chi connectivity index (χ0v) is 21.1. The van der Waals surface area contributed by atoms with Gasteiger partial charge < -0.3 is 20.1 Å². The molecule has 0 spiro atoms. The van der Waals surface area contributed by atoms with E-state index in [4.69, 9.17) is 14.6 Å². The zero-order chi connectivity index (χ0) is 25.1. The van der Waals surface area contributed by atoms with E-state index in [2.05, 4.69) is 36.6 Å². The third kappa shape index (κ3) is 5.55. The van der Waals surface area contributed by atoms with Crippen molar-refractivity contribution < 1.29 is 17.9 Å². The molecule has 0 amide bonds. The second kappa shape index (κ2) is 10.3. The van der Waals surface area contributed by atoms with E-state index >= 15 is 0 Å². The number of hydrogen-bond donors (Lipinski definition) is 3. The van der Waals surface area contributed by atoms with E-state index in [9.17, 15) is 8.42 Å². The van der Waals surface area contributed by atoms with Crippen molar-refractivity contribution in [3.8, 4) is 5.75 Å². The van der Waals surface area contributed by atoms with Gasteiger partial charge in [-0.2, -0.15) is 4.98 Å². The van der Waals surface area contributed by atoms with E-state index in [0.717, 1.165) is 54.5 Å². The highest BCUT2D eigenvalue weighted by Crippen LogP contribution is 2.34. The van der Waals surface area contributed by atoms with Crippen molar-refractivity contribution in [1.82, 2.24) is 19.9 Å². The van der Waals surface area contributed by atoms with Crippen molar-refractivity contribution in [1.29, 1.82) is 0 Å². The molecule has 0 radical (unpaired) electrons. The fraction of sp³-hybridized carbons (Fsp3) is 0.261. The van der Waals surface area contributed by atoms with Crippen molar-refractivity contribution in [2.75, 3.05) is 44.0 Å². The Morgan fingerprint density at radius 3 is 2.56 bits per heavy atom. The Labute approximate surface area is 212 Å². The summed E-state index contributed by atoms with van der Waals surface area (Å²) in [5.74, 6) is 1.47. The molecule has 1 aliphatic heterocycles. The Kier molecular flexibility index (Phi) is 6.98. The van der Waals surface area contributed by atoms with E-state index in [1.807, 2.05) is 12.1 Å². The monoisotopic (exact) mass is 527 g/mol. The maximum atomic E-state index is 11.5. The molecule has 4 aromatic rings. The molecule has 1 fully saturated rings. The average Bonchev–Trinajstić information content (AvgIpc) is 3.28. The quantitative estimate of drug-likeness (QED) is 0.313. The van der Waals surface area contributed by atoms with Gasteiger partial charge in [0.2, 0.25) is 10.0 Å². The van der Waals surface area contributed by atoms with Crippen LogP contribution in [0.15, 0.2) is 53.7 Å². The van der Waals surface area contributed by atoms with Crippen LogP contribution in [0.1, 0.15) is 5.56 Å². The van der Waals surface area contributed by atoms with Crippen molar-refractivity contribution >= 4 is 54.0 Å². The number of anilines is 4. The van der Waals surface area contributed by atoms with Crippen LogP contribution in [0.2, 0.25) is 0 Å². The van der Waals surface area contributed by atoms with Crippen LogP contribution in [0.25, 0.3) is 10.3 Å². The van der Waals surface area contributed by atoms with Crippen molar-refractivity contribution in [2.45, 2.75) is 11.4 Å². The Hall–Kier alpha value is -3.36. The Balaban J connectivity index is 1.37. The van der Waals surface area contributed by atoms with Crippen LogP contribution in [0, 0.1) is 0 Å². The summed E-state index contributed by atoms with van der Waals surface area (Å²) in [6.45, 7) is 4.00. The Morgan fingerprint density at radius 2 is 1.83 bits per heavy atom. The molecule has 36 heavy (non-hydrogen) atoms. The molecule has 2 aromatic heterocycles. The number of morpholine rings is 1. The second-order valence-corrected chi connectivity index (χ2v) is 10.7. The second-order valence-electron chi connectivity index (χ2n) is 8.13. The molecule has 13 heteroatoms. The lowest BCUT2D eigenvalue weighted by molar-refractivity contribution is 0.0339. The molecule has 0 unspecified atom stereocenters. The maximum Gasteiger partial charge on any atom is 0.238 e. The molecule has 0 aliphatic carbocycles. The lowest BCUT2D eigenvalue weighted by atomic mass is 10.1. The van der Waals surface area contributed by atoms with Gasteiger partial charge in [-0.25, -0.2) is 23.5 Å². The largest absolute Gasteiger partial charge is 0.496 e. The first kappa shape index (κ1) is 24.3. The van der Waals surface area contributed by atoms with E-state index in [0.29, 0.717) is 22.3 Å². The third-order valence-corrected chi connectivity index (χ3v) is 7.56. The summed E-state index contributed by atoms with van der Waals surface area (Å²) in [6.07, 6.45) is 1.47. The fourth-order valence-electron chi connectivity index (χ4n) is 3.86. The summed E-state index contributed by atoms with van der Waals surface area (Å²) >= 11 is 1.39. The standard InChI is InChI=1S/C23H25N7O4S2/c1-33-19-7-4-17(12-15(19)13-30-8-10-34-11-9-30)27-21-20-22(26-14-25-21)29-23(35-20)28-16-2-5-18(6-3-16)36(24,31)32/h2-7,12,14H,8-11,13H2,1H3,(H2,24,31,32)(H2,25,26,27,28,29). The fourth-order valence-corrected chi connectivity index (χ4v) is 5.26. The molecule has 0 saturated carbocycles. The van der Waals surface area contributed by atoms with Gasteiger partial charge in [-0.1, -0.05) is 11.3 Å². The summed E-state index contributed by atoms with van der Waals surface area (Å²) in [5.41, 5.74) is 3.17. The topological polar surface area (TPSA) is 145 Å². The first-order valence-corrected chi connectivity index (χ1v) is 13.5. The SMILES string of the molecule is COc1ccc(Nc2ncnc3nc(Nc4ccc(S(N)(=O)=O)cc4)sc23)cc1CN1CCOCC1. The van der Waals surface area contributed by atoms with Gasteiger partial charge in [0, 0.05) is 36.6 Å². The number of ether oxygens (including phenoxy) is 2. The highest BCUT2D eigenvalue weighted by molar-refractivity contribution is 7.89. The Morgan fingerprint density at radius 1 is 1.08 bits per heavy atom. The number of benzene rings is 2. The van der Waals surface area contributed by atoms with Gasteiger partial charge in [-0.05, 0) is 42.5 Å². The van der Waals surface area contributed by atoms with Crippen LogP contribution in [0.3, 0.4) is 0 Å². The number of nitrogens with one attached hydrogen (secondary N) is 2. The summed E-state index contributed by atoms with van der Waals surface area (Å²) in [4.78, 5) is 15.6. The molecule has 0 bridgehead atoms. The lowest BCUT2D eigenvalue weighted by Gasteiger charge is -2.27. The number of fused-ring (bicyclic) bond motifs is 1. The number of aromatic nitrogens is 3. The van der Waals surface area contributed by atoms with E-state index < -0.39 is 10.0 Å². The molecule has 0 atom stereocenters. The molecule has 1 aliphatic rings. The number of methoxy groups -OCH3 is 1. The third-order valence-electron chi connectivity index (χ3n) is 5.67. The van der Waals surface area contributed by atoms with Gasteiger partial charge in [0.15, 0.2) is 16.6 Å². The van der Waals surface area contributed by atoms with E-state index in [1.165, 1.54) is 29.8 Å². The Bertz CT molecular complexity index is 1470. The van der Waals surface area contributed by atoms with Gasteiger partial charge in [0.05, 0.1) is 25.2 Å². The van der Waals surface area contributed by atoms with Crippen molar-refractivity contribution in [2.24, 2.45) is 5.14 Å². The summed E-state index contributed by atoms with van der Waals surface area (Å²) in [6, 6.07) is 12.1. The normalized spacial score (nSPS) is 14.6. The molecule has 2 aromatic carbocycles. The predicted molar refractivity (Wildman–Crippen MR) is 139 cm³/mol. The number of sulfonamides is 1. The average molecular weight is 528 g/mol. The van der Waals surface area contributed by atoms with Crippen LogP contribution in [-0.4, -0.2) is 61.7 Å². The van der Waals surface area contributed by atoms with Gasteiger partial charge in [0.25, 0.3) is 0 Å². The van der Waals surface area contributed by atoms with Gasteiger partial charge in [-0.3, -0.25) is 4.90 Å². The molecule has 3 heterocycles. The maximum absolute atomic E-state index is 11.5. The minimum Gasteiger partial charge on any atom is -0.496 e. The number of rotatable bonds is 8. The van der Waals surface area contributed by atoms with Crippen LogP contribution < -0.4 is 20.5 Å². The number of nitrogens with zero attached hydrogens (tertiary/aromatic N) is 4. The molecule has 4 N–H and O–H groups in total. The minimum absolute atomic E-state index is 0.0437. The first-order valence-electron chi connectivity index (χ1n) is 11.1.